The summed E-state index contributed by atoms with van der Waals surface area (Å²) in [5.41, 5.74) is -0.807. The highest BCUT2D eigenvalue weighted by Gasteiger charge is 2.37. The second-order valence-electron chi connectivity index (χ2n) is 5.80. The van der Waals surface area contributed by atoms with Crippen LogP contribution in [0.5, 0.6) is 0 Å². The molecule has 3 rings (SSSR count). The number of nitrogens with zero attached hydrogens (tertiary/aromatic N) is 3. The molecule has 0 spiro atoms. The maximum Gasteiger partial charge on any atom is 0.331 e. The third kappa shape index (κ3) is 2.53. The van der Waals surface area contributed by atoms with E-state index in [1.165, 1.54) is 23.9 Å². The van der Waals surface area contributed by atoms with Crippen LogP contribution in [-0.2, 0) is 18.4 Å². The standard InChI is InChI=1S/C14H20N4O3/c1-16-12(19)5-7-17(14(16)21)9-13(20)18-10-2-3-11(18)8-15-6-4-10/h5,7,10-11,15H,2-4,6,8-9H2,1H3. The highest BCUT2D eigenvalue weighted by molar-refractivity contribution is 5.77. The molecule has 7 nitrogen and oxygen atoms in total. The first-order valence-corrected chi connectivity index (χ1v) is 7.36. The van der Waals surface area contributed by atoms with Crippen LogP contribution in [0.4, 0.5) is 0 Å². The summed E-state index contributed by atoms with van der Waals surface area (Å²) in [6, 6.07) is 1.82. The van der Waals surface area contributed by atoms with E-state index in [1.54, 1.807) is 0 Å². The number of amides is 1. The lowest BCUT2D eigenvalue weighted by Gasteiger charge is -2.28. The number of hydrogen-bond donors (Lipinski definition) is 1. The van der Waals surface area contributed by atoms with Gasteiger partial charge in [-0.25, -0.2) is 4.79 Å². The zero-order chi connectivity index (χ0) is 15.0. The van der Waals surface area contributed by atoms with E-state index in [-0.39, 0.29) is 30.1 Å². The van der Waals surface area contributed by atoms with Crippen LogP contribution < -0.4 is 16.6 Å². The molecule has 1 amide bonds. The van der Waals surface area contributed by atoms with E-state index in [1.807, 2.05) is 4.90 Å². The molecule has 7 heteroatoms. The molecule has 1 aromatic rings. The molecule has 1 N–H and O–H groups in total. The molecule has 3 heterocycles. The Morgan fingerprint density at radius 2 is 2.05 bits per heavy atom. The summed E-state index contributed by atoms with van der Waals surface area (Å²) in [5.74, 6) is -0.0352. The molecule has 0 aromatic carbocycles. The molecular formula is C14H20N4O3. The number of hydrogen-bond acceptors (Lipinski definition) is 4. The van der Waals surface area contributed by atoms with Gasteiger partial charge in [0, 0.05) is 37.9 Å². The van der Waals surface area contributed by atoms with Gasteiger partial charge in [0.25, 0.3) is 5.56 Å². The predicted molar refractivity (Wildman–Crippen MR) is 77.1 cm³/mol. The van der Waals surface area contributed by atoms with Crippen molar-refractivity contribution in [3.63, 3.8) is 0 Å². The molecule has 2 fully saturated rings. The Kier molecular flexibility index (Phi) is 3.67. The smallest absolute Gasteiger partial charge is 0.331 e. The van der Waals surface area contributed by atoms with Crippen LogP contribution >= 0.6 is 0 Å². The molecule has 0 aliphatic carbocycles. The number of carbonyl (C=O) groups excluding carboxylic acids is 1. The molecule has 0 saturated carbocycles. The summed E-state index contributed by atoms with van der Waals surface area (Å²) in [6.45, 7) is 1.76. The fourth-order valence-electron chi connectivity index (χ4n) is 3.35. The van der Waals surface area contributed by atoms with Gasteiger partial charge >= 0.3 is 5.69 Å². The number of rotatable bonds is 2. The maximum atomic E-state index is 12.6. The molecular weight excluding hydrogens is 272 g/mol. The molecule has 2 aliphatic heterocycles. The van der Waals surface area contributed by atoms with E-state index in [9.17, 15) is 14.4 Å². The first kappa shape index (κ1) is 14.1. The van der Waals surface area contributed by atoms with Crippen molar-refractivity contribution >= 4 is 5.91 Å². The lowest BCUT2D eigenvalue weighted by atomic mass is 10.1. The van der Waals surface area contributed by atoms with Crippen LogP contribution in [-0.4, -0.2) is 45.1 Å². The lowest BCUT2D eigenvalue weighted by molar-refractivity contribution is -0.134. The van der Waals surface area contributed by atoms with Crippen LogP contribution in [0.15, 0.2) is 21.9 Å². The van der Waals surface area contributed by atoms with Gasteiger partial charge in [-0.2, -0.15) is 0 Å². The first-order chi connectivity index (χ1) is 10.1. The minimum absolute atomic E-state index is 0.0000463. The van der Waals surface area contributed by atoms with E-state index in [0.29, 0.717) is 0 Å². The number of fused-ring (bicyclic) bond motifs is 2. The fourth-order valence-corrected chi connectivity index (χ4v) is 3.35. The van der Waals surface area contributed by atoms with E-state index in [4.69, 9.17) is 0 Å². The molecule has 21 heavy (non-hydrogen) atoms. The SMILES string of the molecule is Cn1c(=O)ccn(CC(=O)N2C3CCNCC2CC3)c1=O. The quantitative estimate of drug-likeness (QED) is 0.751. The van der Waals surface area contributed by atoms with Crippen molar-refractivity contribution < 1.29 is 4.79 Å². The highest BCUT2D eigenvalue weighted by Crippen LogP contribution is 2.27. The molecule has 0 radical (unpaired) electrons. The van der Waals surface area contributed by atoms with Crippen LogP contribution in [0, 0.1) is 0 Å². The lowest BCUT2D eigenvalue weighted by Crippen LogP contribution is -2.46. The minimum Gasteiger partial charge on any atom is -0.334 e. The summed E-state index contributed by atoms with van der Waals surface area (Å²) in [6.07, 6.45) is 4.43. The maximum absolute atomic E-state index is 12.6. The monoisotopic (exact) mass is 292 g/mol. The molecule has 2 bridgehead atoms. The van der Waals surface area contributed by atoms with Gasteiger partial charge in [-0.05, 0) is 25.8 Å². The van der Waals surface area contributed by atoms with E-state index in [2.05, 4.69) is 5.32 Å². The Balaban J connectivity index is 1.82. The van der Waals surface area contributed by atoms with Crippen molar-refractivity contribution in [3.05, 3.63) is 33.1 Å². The van der Waals surface area contributed by atoms with Crippen molar-refractivity contribution in [2.24, 2.45) is 7.05 Å². The normalized spacial score (nSPS) is 24.9. The van der Waals surface area contributed by atoms with E-state index < -0.39 is 5.69 Å². The minimum atomic E-state index is -0.448. The number of carbonyl (C=O) groups is 1. The molecule has 2 saturated heterocycles. The summed E-state index contributed by atoms with van der Waals surface area (Å²) >= 11 is 0. The van der Waals surface area contributed by atoms with Gasteiger partial charge in [0.15, 0.2) is 0 Å². The van der Waals surface area contributed by atoms with Gasteiger partial charge in [-0.15, -0.1) is 0 Å². The van der Waals surface area contributed by atoms with Crippen molar-refractivity contribution in [1.29, 1.82) is 0 Å². The Labute approximate surface area is 122 Å². The average Bonchev–Trinajstić information content (AvgIpc) is 2.73. The summed E-state index contributed by atoms with van der Waals surface area (Å²) in [7, 11) is 1.42. The Bertz CT molecular complexity index is 649. The third-order valence-electron chi connectivity index (χ3n) is 4.51. The molecule has 2 unspecified atom stereocenters. The van der Waals surface area contributed by atoms with Crippen LogP contribution in [0.1, 0.15) is 19.3 Å². The van der Waals surface area contributed by atoms with Crippen molar-refractivity contribution in [3.8, 4) is 0 Å². The summed E-state index contributed by atoms with van der Waals surface area (Å²) in [4.78, 5) is 37.9. The Morgan fingerprint density at radius 1 is 1.29 bits per heavy atom. The van der Waals surface area contributed by atoms with Gasteiger partial charge in [0.05, 0.1) is 0 Å². The third-order valence-corrected chi connectivity index (χ3v) is 4.51. The number of aromatic nitrogens is 2. The van der Waals surface area contributed by atoms with E-state index in [0.717, 1.165) is 36.9 Å². The van der Waals surface area contributed by atoms with Gasteiger partial charge in [0.1, 0.15) is 6.54 Å². The van der Waals surface area contributed by atoms with Crippen molar-refractivity contribution in [2.45, 2.75) is 37.9 Å². The van der Waals surface area contributed by atoms with Crippen LogP contribution in [0.25, 0.3) is 0 Å². The fraction of sp³-hybridized carbons (Fsp3) is 0.643. The van der Waals surface area contributed by atoms with Gasteiger partial charge in [0.2, 0.25) is 5.91 Å². The second-order valence-corrected chi connectivity index (χ2v) is 5.80. The summed E-state index contributed by atoms with van der Waals surface area (Å²) < 4.78 is 2.33. The zero-order valence-electron chi connectivity index (χ0n) is 12.1. The molecule has 2 atom stereocenters. The second kappa shape index (κ2) is 5.48. The number of nitrogens with one attached hydrogen (secondary N) is 1. The zero-order valence-corrected chi connectivity index (χ0v) is 12.1. The van der Waals surface area contributed by atoms with E-state index >= 15 is 0 Å². The highest BCUT2D eigenvalue weighted by atomic mass is 16.2. The predicted octanol–water partition coefficient (Wildman–Crippen LogP) is -1.10. The van der Waals surface area contributed by atoms with Gasteiger partial charge < -0.3 is 10.2 Å². The van der Waals surface area contributed by atoms with Crippen molar-refractivity contribution in [2.75, 3.05) is 13.1 Å². The van der Waals surface area contributed by atoms with Crippen molar-refractivity contribution in [1.82, 2.24) is 19.4 Å². The molecule has 114 valence electrons. The van der Waals surface area contributed by atoms with Crippen LogP contribution in [0.3, 0.4) is 0 Å². The Hall–Kier alpha value is -1.89. The largest absolute Gasteiger partial charge is 0.334 e. The van der Waals surface area contributed by atoms with Gasteiger partial charge in [-0.3, -0.25) is 18.7 Å². The topological polar surface area (TPSA) is 76.3 Å². The van der Waals surface area contributed by atoms with Gasteiger partial charge in [-0.1, -0.05) is 0 Å². The first-order valence-electron chi connectivity index (χ1n) is 7.36. The average molecular weight is 292 g/mol. The summed E-state index contributed by atoms with van der Waals surface area (Å²) in [5, 5.41) is 3.35. The molecule has 1 aromatic heterocycles. The Morgan fingerprint density at radius 3 is 2.86 bits per heavy atom. The molecule has 2 aliphatic rings. The van der Waals surface area contributed by atoms with Crippen LogP contribution in [0.2, 0.25) is 0 Å².